The van der Waals surface area contributed by atoms with Gasteiger partial charge in [0.05, 0.1) is 12.6 Å². The molecule has 1 saturated heterocycles. The second-order valence-corrected chi connectivity index (χ2v) is 5.72. The molecule has 0 saturated carbocycles. The van der Waals surface area contributed by atoms with Crippen molar-refractivity contribution in [3.05, 3.63) is 29.8 Å². The van der Waals surface area contributed by atoms with Crippen LogP contribution in [0.3, 0.4) is 0 Å². The molecule has 1 aromatic carbocycles. The van der Waals surface area contributed by atoms with Crippen molar-refractivity contribution in [2.45, 2.75) is 38.8 Å². The van der Waals surface area contributed by atoms with E-state index in [1.807, 2.05) is 13.0 Å². The molecule has 1 aromatic rings. The number of rotatable bonds is 5. The molecule has 1 heterocycles. The van der Waals surface area contributed by atoms with Gasteiger partial charge in [-0.2, -0.15) is 0 Å². The molecule has 1 aliphatic heterocycles. The molecule has 2 amide bonds. The summed E-state index contributed by atoms with van der Waals surface area (Å²) in [6.45, 7) is 3.94. The first-order valence-electron chi connectivity index (χ1n) is 7.57. The van der Waals surface area contributed by atoms with E-state index in [0.29, 0.717) is 18.8 Å². The van der Waals surface area contributed by atoms with Gasteiger partial charge in [0.1, 0.15) is 0 Å². The highest BCUT2D eigenvalue weighted by atomic mass is 19.3. The van der Waals surface area contributed by atoms with Gasteiger partial charge < -0.3 is 10.2 Å². The van der Waals surface area contributed by atoms with Gasteiger partial charge in [-0.05, 0) is 24.6 Å². The normalized spacial score (nSPS) is 19.4. The first-order chi connectivity index (χ1) is 10.8. The maximum atomic E-state index is 13.1. The number of halogens is 2. The summed E-state index contributed by atoms with van der Waals surface area (Å²) in [6, 6.07) is 6.16. The van der Waals surface area contributed by atoms with Crippen LogP contribution in [-0.4, -0.2) is 41.8 Å². The summed E-state index contributed by atoms with van der Waals surface area (Å²) in [5.41, 5.74) is 1.40. The van der Waals surface area contributed by atoms with Crippen LogP contribution in [0.25, 0.3) is 0 Å². The Morgan fingerprint density at radius 3 is 2.74 bits per heavy atom. The summed E-state index contributed by atoms with van der Waals surface area (Å²) < 4.78 is 26.3. The van der Waals surface area contributed by atoms with E-state index in [2.05, 4.69) is 10.6 Å². The van der Waals surface area contributed by atoms with Crippen LogP contribution in [0.4, 0.5) is 14.5 Å². The van der Waals surface area contributed by atoms with Crippen LogP contribution in [0, 0.1) is 0 Å². The van der Waals surface area contributed by atoms with Gasteiger partial charge in [0, 0.05) is 32.1 Å². The molecule has 0 aromatic heterocycles. The topological polar surface area (TPSA) is 61.4 Å². The molecule has 0 aliphatic carbocycles. The molecule has 7 heteroatoms. The Labute approximate surface area is 134 Å². The smallest absolute Gasteiger partial charge is 0.262 e. The molecule has 0 spiro atoms. The van der Waals surface area contributed by atoms with Crippen LogP contribution in [0.15, 0.2) is 24.3 Å². The molecule has 1 unspecified atom stereocenters. The van der Waals surface area contributed by atoms with E-state index < -0.39 is 30.8 Å². The second kappa shape index (κ2) is 7.04. The van der Waals surface area contributed by atoms with Gasteiger partial charge in [0.15, 0.2) is 0 Å². The fraction of sp³-hybridized carbons (Fsp3) is 0.500. The SMILES string of the molecule is CCN(Cc1cccc(NC(=O)C2CC(F)(F)CN2)c1)C(C)=O. The molecule has 5 nitrogen and oxygen atoms in total. The lowest BCUT2D eigenvalue weighted by molar-refractivity contribution is -0.129. The third kappa shape index (κ3) is 4.72. The highest BCUT2D eigenvalue weighted by Crippen LogP contribution is 2.25. The average molecular weight is 325 g/mol. The van der Waals surface area contributed by atoms with Gasteiger partial charge in [-0.3, -0.25) is 14.9 Å². The summed E-state index contributed by atoms with van der Waals surface area (Å²) in [5, 5.41) is 5.17. The highest BCUT2D eigenvalue weighted by molar-refractivity contribution is 5.95. The first kappa shape index (κ1) is 17.3. The highest BCUT2D eigenvalue weighted by Gasteiger charge is 2.42. The van der Waals surface area contributed by atoms with Crippen molar-refractivity contribution < 1.29 is 18.4 Å². The van der Waals surface area contributed by atoms with Gasteiger partial charge in [-0.25, -0.2) is 8.78 Å². The standard InChI is InChI=1S/C16H21F2N3O2/c1-3-21(11(2)22)9-12-5-4-6-13(7-12)20-15(23)14-8-16(17,18)10-19-14/h4-7,14,19H,3,8-10H2,1-2H3,(H,20,23). The third-order valence-corrected chi connectivity index (χ3v) is 3.82. The zero-order valence-corrected chi connectivity index (χ0v) is 13.2. The Morgan fingerprint density at radius 2 is 2.17 bits per heavy atom. The molecule has 1 aliphatic rings. The number of anilines is 1. The van der Waals surface area contributed by atoms with E-state index in [1.54, 1.807) is 23.1 Å². The Hall–Kier alpha value is -2.02. The quantitative estimate of drug-likeness (QED) is 0.870. The predicted molar refractivity (Wildman–Crippen MR) is 83.2 cm³/mol. The molecule has 23 heavy (non-hydrogen) atoms. The minimum atomic E-state index is -2.84. The number of nitrogens with zero attached hydrogens (tertiary/aromatic N) is 1. The molecule has 1 fully saturated rings. The molecular formula is C16H21F2N3O2. The summed E-state index contributed by atoms with van der Waals surface area (Å²) in [5.74, 6) is -3.34. The second-order valence-electron chi connectivity index (χ2n) is 5.72. The van der Waals surface area contributed by atoms with Crippen LogP contribution < -0.4 is 10.6 Å². The van der Waals surface area contributed by atoms with E-state index in [0.717, 1.165) is 5.56 Å². The Kier molecular flexibility index (Phi) is 5.30. The zero-order valence-electron chi connectivity index (χ0n) is 13.2. The van der Waals surface area contributed by atoms with Crippen molar-refractivity contribution in [3.63, 3.8) is 0 Å². The minimum Gasteiger partial charge on any atom is -0.339 e. The fourth-order valence-electron chi connectivity index (χ4n) is 2.54. The van der Waals surface area contributed by atoms with Crippen molar-refractivity contribution in [1.82, 2.24) is 10.2 Å². The summed E-state index contributed by atoms with van der Waals surface area (Å²) in [4.78, 5) is 25.1. The molecule has 0 radical (unpaired) electrons. The number of benzene rings is 1. The van der Waals surface area contributed by atoms with Gasteiger partial charge in [-0.1, -0.05) is 12.1 Å². The summed E-state index contributed by atoms with van der Waals surface area (Å²) in [6.07, 6.45) is -0.494. The molecule has 126 valence electrons. The maximum Gasteiger partial charge on any atom is 0.262 e. The van der Waals surface area contributed by atoms with Gasteiger partial charge in [0.25, 0.3) is 5.92 Å². The summed E-state index contributed by atoms with van der Waals surface area (Å²) >= 11 is 0. The largest absolute Gasteiger partial charge is 0.339 e. The third-order valence-electron chi connectivity index (χ3n) is 3.82. The fourth-order valence-corrected chi connectivity index (χ4v) is 2.54. The van der Waals surface area contributed by atoms with Crippen LogP contribution in [-0.2, 0) is 16.1 Å². The monoisotopic (exact) mass is 325 g/mol. The minimum absolute atomic E-state index is 0.0284. The van der Waals surface area contributed by atoms with E-state index in [4.69, 9.17) is 0 Å². The summed E-state index contributed by atoms with van der Waals surface area (Å²) in [7, 11) is 0. The predicted octanol–water partition coefficient (Wildman–Crippen LogP) is 1.99. The van der Waals surface area contributed by atoms with E-state index in [-0.39, 0.29) is 5.91 Å². The number of alkyl halides is 2. The van der Waals surface area contributed by atoms with Crippen molar-refractivity contribution in [1.29, 1.82) is 0 Å². The van der Waals surface area contributed by atoms with Gasteiger partial charge in [0.2, 0.25) is 11.8 Å². The average Bonchev–Trinajstić information content (AvgIpc) is 2.85. The van der Waals surface area contributed by atoms with Crippen LogP contribution in [0.5, 0.6) is 0 Å². The number of carbonyl (C=O) groups excluding carboxylic acids is 2. The van der Waals surface area contributed by atoms with Crippen molar-refractivity contribution in [3.8, 4) is 0 Å². The van der Waals surface area contributed by atoms with E-state index in [9.17, 15) is 18.4 Å². The Balaban J connectivity index is 2.00. The molecule has 0 bridgehead atoms. The number of amides is 2. The number of carbonyl (C=O) groups is 2. The lowest BCUT2D eigenvalue weighted by Gasteiger charge is -2.19. The van der Waals surface area contributed by atoms with Gasteiger partial charge in [-0.15, -0.1) is 0 Å². The van der Waals surface area contributed by atoms with E-state index >= 15 is 0 Å². The number of hydrogen-bond acceptors (Lipinski definition) is 3. The van der Waals surface area contributed by atoms with Gasteiger partial charge >= 0.3 is 0 Å². The van der Waals surface area contributed by atoms with E-state index in [1.165, 1.54) is 6.92 Å². The molecule has 2 rings (SSSR count). The Morgan fingerprint density at radius 1 is 1.43 bits per heavy atom. The van der Waals surface area contributed by atoms with Crippen molar-refractivity contribution in [2.75, 3.05) is 18.4 Å². The molecular weight excluding hydrogens is 304 g/mol. The molecule has 2 N–H and O–H groups in total. The first-order valence-corrected chi connectivity index (χ1v) is 7.57. The lowest BCUT2D eigenvalue weighted by atomic mass is 10.1. The maximum absolute atomic E-state index is 13.1. The number of nitrogens with one attached hydrogen (secondary N) is 2. The lowest BCUT2D eigenvalue weighted by Crippen LogP contribution is -2.35. The van der Waals surface area contributed by atoms with Crippen LogP contribution in [0.2, 0.25) is 0 Å². The zero-order chi connectivity index (χ0) is 17.0. The molecule has 1 atom stereocenters. The van der Waals surface area contributed by atoms with Crippen LogP contribution in [0.1, 0.15) is 25.8 Å². The van der Waals surface area contributed by atoms with Crippen molar-refractivity contribution >= 4 is 17.5 Å². The Bertz CT molecular complexity index is 592. The van der Waals surface area contributed by atoms with Crippen molar-refractivity contribution in [2.24, 2.45) is 0 Å². The van der Waals surface area contributed by atoms with Crippen LogP contribution >= 0.6 is 0 Å². The number of hydrogen-bond donors (Lipinski definition) is 2.